The van der Waals surface area contributed by atoms with Crippen LogP contribution in [0, 0.1) is 0 Å². The number of piperazine rings is 1. The van der Waals surface area contributed by atoms with E-state index in [1.807, 2.05) is 0 Å². The molecule has 1 saturated heterocycles. The summed E-state index contributed by atoms with van der Waals surface area (Å²) in [5, 5.41) is 0.963. The van der Waals surface area contributed by atoms with Crippen LogP contribution >= 0.6 is 23.2 Å². The van der Waals surface area contributed by atoms with E-state index in [1.165, 1.54) is 12.8 Å². The number of fused-ring (bicyclic) bond motifs is 1. The Morgan fingerprint density at radius 3 is 2.52 bits per heavy atom. The highest BCUT2D eigenvalue weighted by Crippen LogP contribution is 2.30. The van der Waals surface area contributed by atoms with Gasteiger partial charge in [-0.15, -0.1) is 0 Å². The van der Waals surface area contributed by atoms with Gasteiger partial charge in [0.15, 0.2) is 16.6 Å². The van der Waals surface area contributed by atoms with Crippen LogP contribution in [0.25, 0.3) is 11.2 Å². The molecule has 1 saturated carbocycles. The highest BCUT2D eigenvalue weighted by molar-refractivity contribution is 6.32. The molecule has 110 valence electrons. The molecule has 2 aromatic rings. The van der Waals surface area contributed by atoms with Gasteiger partial charge in [-0.2, -0.15) is 0 Å². The molecule has 4 rings (SSSR count). The van der Waals surface area contributed by atoms with Crippen LogP contribution in [0.3, 0.4) is 0 Å². The minimum Gasteiger partial charge on any atom is -0.351 e. The minimum absolute atomic E-state index is 0.423. The van der Waals surface area contributed by atoms with E-state index in [2.05, 4.69) is 24.8 Å². The van der Waals surface area contributed by atoms with Gasteiger partial charge in [-0.25, -0.2) is 15.0 Å². The van der Waals surface area contributed by atoms with Crippen LogP contribution in [0.5, 0.6) is 0 Å². The van der Waals surface area contributed by atoms with Gasteiger partial charge < -0.3 is 4.90 Å². The van der Waals surface area contributed by atoms with Crippen molar-refractivity contribution in [2.24, 2.45) is 0 Å². The maximum Gasteiger partial charge on any atom is 0.180 e. The number of halogens is 2. The largest absolute Gasteiger partial charge is 0.351 e. The van der Waals surface area contributed by atoms with Crippen molar-refractivity contribution >= 4 is 40.2 Å². The fraction of sp³-hybridized carbons (Fsp3) is 0.500. The number of nitrogens with zero attached hydrogens (tertiary/aromatic N) is 5. The molecule has 7 heteroatoms. The predicted octanol–water partition coefficient (Wildman–Crippen LogP) is 2.62. The lowest BCUT2D eigenvalue weighted by Crippen LogP contribution is -2.47. The Morgan fingerprint density at radius 1 is 1.05 bits per heavy atom. The molecular weight excluding hydrogens is 309 g/mol. The summed E-state index contributed by atoms with van der Waals surface area (Å²) in [6.07, 6.45) is 4.28. The lowest BCUT2D eigenvalue weighted by atomic mass is 10.3. The summed E-state index contributed by atoms with van der Waals surface area (Å²) >= 11 is 12.2. The first-order valence-corrected chi connectivity index (χ1v) is 7.94. The first-order valence-electron chi connectivity index (χ1n) is 7.18. The van der Waals surface area contributed by atoms with E-state index >= 15 is 0 Å². The number of hydrogen-bond acceptors (Lipinski definition) is 5. The topological polar surface area (TPSA) is 45.2 Å². The quantitative estimate of drug-likeness (QED) is 0.850. The minimum atomic E-state index is 0.423. The highest BCUT2D eigenvalue weighted by atomic mass is 35.5. The van der Waals surface area contributed by atoms with Crippen molar-refractivity contribution in [2.75, 3.05) is 31.1 Å². The van der Waals surface area contributed by atoms with Gasteiger partial charge in [0, 0.05) is 38.4 Å². The summed E-state index contributed by atoms with van der Waals surface area (Å²) in [5.74, 6) is 0.731. The number of pyridine rings is 1. The highest BCUT2D eigenvalue weighted by Gasteiger charge is 2.32. The Bertz CT molecular complexity index is 680. The van der Waals surface area contributed by atoms with Crippen LogP contribution in [0.4, 0.5) is 5.82 Å². The van der Waals surface area contributed by atoms with Crippen LogP contribution in [0.15, 0.2) is 12.3 Å². The van der Waals surface area contributed by atoms with Gasteiger partial charge >= 0.3 is 0 Å². The lowest BCUT2D eigenvalue weighted by molar-refractivity contribution is 0.247. The molecule has 0 N–H and O–H groups in total. The average Bonchev–Trinajstić information content (AvgIpc) is 3.31. The van der Waals surface area contributed by atoms with Crippen molar-refractivity contribution in [3.05, 3.63) is 22.4 Å². The zero-order chi connectivity index (χ0) is 14.4. The lowest BCUT2D eigenvalue weighted by Gasteiger charge is -2.35. The third kappa shape index (κ3) is 2.65. The van der Waals surface area contributed by atoms with Crippen molar-refractivity contribution < 1.29 is 0 Å². The summed E-state index contributed by atoms with van der Waals surface area (Å²) < 4.78 is 0. The van der Waals surface area contributed by atoms with Crippen LogP contribution in [0.1, 0.15) is 12.8 Å². The fourth-order valence-electron chi connectivity index (χ4n) is 2.83. The van der Waals surface area contributed by atoms with E-state index in [-0.39, 0.29) is 0 Å². The second kappa shape index (κ2) is 5.23. The molecule has 0 atom stereocenters. The van der Waals surface area contributed by atoms with Crippen molar-refractivity contribution in [3.8, 4) is 0 Å². The third-order valence-corrected chi connectivity index (χ3v) is 4.57. The number of hydrogen-bond donors (Lipinski definition) is 0. The van der Waals surface area contributed by atoms with Crippen LogP contribution in [0.2, 0.25) is 10.2 Å². The van der Waals surface area contributed by atoms with Gasteiger partial charge in [0.2, 0.25) is 0 Å². The molecule has 2 aliphatic rings. The molecule has 1 aliphatic heterocycles. The smallest absolute Gasteiger partial charge is 0.180 e. The Morgan fingerprint density at radius 2 is 1.81 bits per heavy atom. The van der Waals surface area contributed by atoms with Gasteiger partial charge in [-0.05, 0) is 18.9 Å². The Kier molecular flexibility index (Phi) is 3.36. The summed E-state index contributed by atoms with van der Waals surface area (Å²) in [4.78, 5) is 17.9. The predicted molar refractivity (Wildman–Crippen MR) is 84.2 cm³/mol. The SMILES string of the molecule is Clc1cnc2nc(N3CCN(C4CC4)CC3)c(Cl)nc2c1. The second-order valence-corrected chi connectivity index (χ2v) is 6.38. The van der Waals surface area contributed by atoms with Crippen molar-refractivity contribution in [1.82, 2.24) is 19.9 Å². The van der Waals surface area contributed by atoms with Gasteiger partial charge in [0.05, 0.1) is 5.02 Å². The summed E-state index contributed by atoms with van der Waals surface area (Å²) in [5.41, 5.74) is 1.22. The molecule has 0 spiro atoms. The first-order chi connectivity index (χ1) is 10.2. The summed E-state index contributed by atoms with van der Waals surface area (Å²) in [6, 6.07) is 2.55. The number of aromatic nitrogens is 3. The Labute approximate surface area is 132 Å². The molecule has 0 bridgehead atoms. The molecular formula is C14H15Cl2N5. The number of rotatable bonds is 2. The maximum absolute atomic E-state index is 6.30. The molecule has 2 aromatic heterocycles. The van der Waals surface area contributed by atoms with Gasteiger partial charge in [0.1, 0.15) is 5.52 Å². The first kappa shape index (κ1) is 13.5. The fourth-order valence-corrected chi connectivity index (χ4v) is 3.24. The molecule has 2 fully saturated rings. The monoisotopic (exact) mass is 323 g/mol. The summed E-state index contributed by atoms with van der Waals surface area (Å²) in [6.45, 7) is 4.00. The standard InChI is InChI=1S/C14H15Cl2N5/c15-9-7-11-13(17-8-9)19-14(12(16)18-11)21-5-3-20(4-6-21)10-1-2-10/h7-8,10H,1-6H2. The van der Waals surface area contributed by atoms with Gasteiger partial charge in [-0.1, -0.05) is 23.2 Å². The second-order valence-electron chi connectivity index (χ2n) is 5.59. The van der Waals surface area contributed by atoms with E-state index < -0.39 is 0 Å². The van der Waals surface area contributed by atoms with Crippen LogP contribution < -0.4 is 4.90 Å². The van der Waals surface area contributed by atoms with E-state index in [0.717, 1.165) is 38.0 Å². The molecule has 0 unspecified atom stereocenters. The third-order valence-electron chi connectivity index (χ3n) is 4.11. The average molecular weight is 324 g/mol. The van der Waals surface area contributed by atoms with Gasteiger partial charge in [-0.3, -0.25) is 4.90 Å². The van der Waals surface area contributed by atoms with E-state index in [1.54, 1.807) is 12.3 Å². The molecule has 21 heavy (non-hydrogen) atoms. The molecule has 1 aliphatic carbocycles. The molecule has 0 radical (unpaired) electrons. The van der Waals surface area contributed by atoms with E-state index in [9.17, 15) is 0 Å². The van der Waals surface area contributed by atoms with Crippen LogP contribution in [-0.4, -0.2) is 52.1 Å². The van der Waals surface area contributed by atoms with Crippen molar-refractivity contribution in [2.45, 2.75) is 18.9 Å². The molecule has 3 heterocycles. The van der Waals surface area contributed by atoms with E-state index in [0.29, 0.717) is 21.3 Å². The van der Waals surface area contributed by atoms with Crippen molar-refractivity contribution in [1.29, 1.82) is 0 Å². The Balaban J connectivity index is 1.60. The maximum atomic E-state index is 6.30. The van der Waals surface area contributed by atoms with Crippen LogP contribution in [-0.2, 0) is 0 Å². The summed E-state index contributed by atoms with van der Waals surface area (Å²) in [7, 11) is 0. The van der Waals surface area contributed by atoms with Crippen molar-refractivity contribution in [3.63, 3.8) is 0 Å². The van der Waals surface area contributed by atoms with Gasteiger partial charge in [0.25, 0.3) is 0 Å². The normalized spacial score (nSPS) is 20.2. The molecule has 0 aromatic carbocycles. The van der Waals surface area contributed by atoms with E-state index in [4.69, 9.17) is 23.2 Å². The molecule has 0 amide bonds. The molecule has 5 nitrogen and oxygen atoms in total. The zero-order valence-corrected chi connectivity index (χ0v) is 13.0. The Hall–Kier alpha value is -1.17. The number of anilines is 1. The zero-order valence-electron chi connectivity index (χ0n) is 11.5.